The maximum absolute atomic E-state index is 10.3. The van der Waals surface area contributed by atoms with Gasteiger partial charge in [-0.3, -0.25) is 0 Å². The summed E-state index contributed by atoms with van der Waals surface area (Å²) >= 11 is 0. The van der Waals surface area contributed by atoms with Crippen LogP contribution in [0, 0.1) is 6.92 Å². The van der Waals surface area contributed by atoms with E-state index in [0.29, 0.717) is 5.69 Å². The molecule has 0 radical (unpaired) electrons. The van der Waals surface area contributed by atoms with Crippen LogP contribution in [0.4, 0.5) is 5.69 Å². The van der Waals surface area contributed by atoms with E-state index in [-0.39, 0.29) is 0 Å². The van der Waals surface area contributed by atoms with Gasteiger partial charge in [0.15, 0.2) is 0 Å². The molecule has 0 aromatic heterocycles. The summed E-state index contributed by atoms with van der Waals surface area (Å²) in [4.78, 5) is 14.0. The van der Waals surface area contributed by atoms with Gasteiger partial charge in [0.1, 0.15) is 0 Å². The lowest BCUT2D eigenvalue weighted by atomic mass is 10.1. The third kappa shape index (κ3) is 3.03. The number of rotatable bonds is 3. The third-order valence-electron chi connectivity index (χ3n) is 2.64. The van der Waals surface area contributed by atoms with Crippen LogP contribution in [0.1, 0.15) is 16.7 Å². The van der Waals surface area contributed by atoms with E-state index in [1.54, 1.807) is 12.1 Å². The number of carbonyl (C=O) groups excluding carboxylic acids is 1. The molecule has 0 bridgehead atoms. The SMILES string of the molecule is Cc1ccc(C=Cc2ccccc2N=C=O)cc1. The zero-order valence-corrected chi connectivity index (χ0v) is 10.1. The Bertz CT molecular complexity index is 605. The molecule has 0 saturated carbocycles. The predicted molar refractivity (Wildman–Crippen MR) is 74.3 cm³/mol. The summed E-state index contributed by atoms with van der Waals surface area (Å²) < 4.78 is 0. The van der Waals surface area contributed by atoms with Crippen molar-refractivity contribution in [1.29, 1.82) is 0 Å². The molecule has 0 saturated heterocycles. The van der Waals surface area contributed by atoms with Gasteiger partial charge in [0.25, 0.3) is 0 Å². The summed E-state index contributed by atoms with van der Waals surface area (Å²) in [6, 6.07) is 15.7. The fraction of sp³-hybridized carbons (Fsp3) is 0.0625. The minimum atomic E-state index is 0.635. The highest BCUT2D eigenvalue weighted by atomic mass is 16.1. The van der Waals surface area contributed by atoms with E-state index >= 15 is 0 Å². The van der Waals surface area contributed by atoms with Crippen LogP contribution in [0.15, 0.2) is 53.5 Å². The van der Waals surface area contributed by atoms with Gasteiger partial charge < -0.3 is 0 Å². The van der Waals surface area contributed by atoms with Crippen molar-refractivity contribution in [2.24, 2.45) is 4.99 Å². The standard InChI is InChI=1S/C16H13NO/c1-13-6-8-14(9-7-13)10-11-15-4-2-3-5-16(15)17-12-18/h2-11H,1H3. The molecule has 0 spiro atoms. The van der Waals surface area contributed by atoms with Gasteiger partial charge in [0.05, 0.1) is 5.69 Å². The van der Waals surface area contributed by atoms with Crippen molar-refractivity contribution in [2.45, 2.75) is 6.92 Å². The normalized spacial score (nSPS) is 10.3. The summed E-state index contributed by atoms with van der Waals surface area (Å²) in [6.45, 7) is 2.06. The third-order valence-corrected chi connectivity index (χ3v) is 2.64. The van der Waals surface area contributed by atoms with Gasteiger partial charge in [-0.25, -0.2) is 4.79 Å². The van der Waals surface area contributed by atoms with E-state index in [9.17, 15) is 4.79 Å². The van der Waals surface area contributed by atoms with Crippen molar-refractivity contribution in [2.75, 3.05) is 0 Å². The van der Waals surface area contributed by atoms with Crippen LogP contribution >= 0.6 is 0 Å². The molecule has 2 nitrogen and oxygen atoms in total. The summed E-state index contributed by atoms with van der Waals surface area (Å²) in [5, 5.41) is 0. The second-order valence-corrected chi connectivity index (χ2v) is 4.01. The number of benzene rings is 2. The first-order chi connectivity index (χ1) is 8.79. The molecule has 0 amide bonds. The molecule has 0 aliphatic rings. The van der Waals surface area contributed by atoms with Crippen molar-refractivity contribution in [3.63, 3.8) is 0 Å². The number of isocyanates is 1. The minimum Gasteiger partial charge on any atom is -0.211 e. The van der Waals surface area contributed by atoms with Gasteiger partial charge in [-0.05, 0) is 18.6 Å². The van der Waals surface area contributed by atoms with Crippen molar-refractivity contribution in [3.05, 3.63) is 65.2 Å². The fourth-order valence-corrected chi connectivity index (χ4v) is 1.64. The van der Waals surface area contributed by atoms with E-state index < -0.39 is 0 Å². The molecule has 88 valence electrons. The lowest BCUT2D eigenvalue weighted by Crippen LogP contribution is -1.75. The number of para-hydroxylation sites is 1. The van der Waals surface area contributed by atoms with Gasteiger partial charge >= 0.3 is 0 Å². The van der Waals surface area contributed by atoms with Crippen LogP contribution in [0.3, 0.4) is 0 Å². The van der Waals surface area contributed by atoms with E-state index in [1.165, 1.54) is 5.56 Å². The molecular formula is C16H13NO. The first-order valence-electron chi connectivity index (χ1n) is 5.71. The molecular weight excluding hydrogens is 222 g/mol. The molecule has 0 aliphatic heterocycles. The highest BCUT2D eigenvalue weighted by molar-refractivity contribution is 5.76. The van der Waals surface area contributed by atoms with Crippen LogP contribution in [0.2, 0.25) is 0 Å². The maximum Gasteiger partial charge on any atom is 0.240 e. The monoisotopic (exact) mass is 235 g/mol. The molecule has 0 aliphatic carbocycles. The number of aryl methyl sites for hydroxylation is 1. The zero-order chi connectivity index (χ0) is 12.8. The van der Waals surface area contributed by atoms with Crippen molar-refractivity contribution in [3.8, 4) is 0 Å². The van der Waals surface area contributed by atoms with E-state index in [4.69, 9.17) is 0 Å². The lowest BCUT2D eigenvalue weighted by molar-refractivity contribution is 0.565. The summed E-state index contributed by atoms with van der Waals surface area (Å²) in [7, 11) is 0. The number of hydrogen-bond donors (Lipinski definition) is 0. The highest BCUT2D eigenvalue weighted by Gasteiger charge is 1.95. The molecule has 2 aromatic rings. The van der Waals surface area contributed by atoms with Gasteiger partial charge in [-0.2, -0.15) is 4.99 Å². The van der Waals surface area contributed by atoms with Crippen LogP contribution < -0.4 is 0 Å². The fourth-order valence-electron chi connectivity index (χ4n) is 1.64. The van der Waals surface area contributed by atoms with Gasteiger partial charge in [0, 0.05) is 5.56 Å². The minimum absolute atomic E-state index is 0.635. The molecule has 0 N–H and O–H groups in total. The predicted octanol–water partition coefficient (Wildman–Crippen LogP) is 4.13. The Balaban J connectivity index is 2.28. The molecule has 18 heavy (non-hydrogen) atoms. The molecule has 2 aromatic carbocycles. The van der Waals surface area contributed by atoms with E-state index in [1.807, 2.05) is 30.4 Å². The molecule has 2 heteroatoms. The summed E-state index contributed by atoms with van der Waals surface area (Å²) in [5.41, 5.74) is 3.89. The first-order valence-corrected chi connectivity index (χ1v) is 5.71. The number of aliphatic imine (C=N–C) groups is 1. The molecule has 0 atom stereocenters. The van der Waals surface area contributed by atoms with Crippen molar-refractivity contribution < 1.29 is 4.79 Å². The first kappa shape index (κ1) is 12.0. The summed E-state index contributed by atoms with van der Waals surface area (Å²) in [5.74, 6) is 0. The van der Waals surface area contributed by atoms with Crippen molar-refractivity contribution >= 4 is 23.9 Å². The Labute approximate surface area is 106 Å². The average Bonchev–Trinajstić information content (AvgIpc) is 2.40. The Hall–Kier alpha value is -2.44. The maximum atomic E-state index is 10.3. The Morgan fingerprint density at radius 1 is 1.00 bits per heavy atom. The number of nitrogens with zero attached hydrogens (tertiary/aromatic N) is 1. The summed E-state index contributed by atoms with van der Waals surface area (Å²) in [6.07, 6.45) is 5.52. The van der Waals surface area contributed by atoms with Crippen LogP contribution in [-0.4, -0.2) is 6.08 Å². The van der Waals surface area contributed by atoms with E-state index in [2.05, 4.69) is 36.2 Å². The lowest BCUT2D eigenvalue weighted by Gasteiger charge is -1.98. The Morgan fingerprint density at radius 3 is 2.44 bits per heavy atom. The van der Waals surface area contributed by atoms with Crippen molar-refractivity contribution in [1.82, 2.24) is 0 Å². The average molecular weight is 235 g/mol. The topological polar surface area (TPSA) is 29.4 Å². The molecule has 0 heterocycles. The second kappa shape index (κ2) is 5.76. The molecule has 0 unspecified atom stereocenters. The van der Waals surface area contributed by atoms with Gasteiger partial charge in [-0.1, -0.05) is 60.2 Å². The van der Waals surface area contributed by atoms with Gasteiger partial charge in [0.2, 0.25) is 6.08 Å². The Morgan fingerprint density at radius 2 is 1.72 bits per heavy atom. The zero-order valence-electron chi connectivity index (χ0n) is 10.1. The molecule has 2 rings (SSSR count). The largest absolute Gasteiger partial charge is 0.240 e. The Kier molecular flexibility index (Phi) is 3.85. The number of hydrogen-bond acceptors (Lipinski definition) is 2. The van der Waals surface area contributed by atoms with Gasteiger partial charge in [-0.15, -0.1) is 0 Å². The smallest absolute Gasteiger partial charge is 0.211 e. The van der Waals surface area contributed by atoms with Crippen LogP contribution in [0.25, 0.3) is 12.2 Å². The van der Waals surface area contributed by atoms with E-state index in [0.717, 1.165) is 11.1 Å². The highest BCUT2D eigenvalue weighted by Crippen LogP contribution is 2.20. The molecule has 0 fully saturated rings. The van der Waals surface area contributed by atoms with Crippen LogP contribution in [-0.2, 0) is 4.79 Å². The quantitative estimate of drug-likeness (QED) is 0.446. The van der Waals surface area contributed by atoms with Crippen LogP contribution in [0.5, 0.6) is 0 Å². The second-order valence-electron chi connectivity index (χ2n) is 4.01.